The van der Waals surface area contributed by atoms with Crippen molar-refractivity contribution in [2.75, 3.05) is 32.1 Å². The Bertz CT molecular complexity index is 656. The van der Waals surface area contributed by atoms with E-state index in [9.17, 15) is 9.18 Å². The summed E-state index contributed by atoms with van der Waals surface area (Å²) in [7, 11) is 3.41. The molecule has 0 heterocycles. The highest BCUT2D eigenvalue weighted by atomic mass is 19.1. The van der Waals surface area contributed by atoms with Gasteiger partial charge in [0, 0.05) is 25.8 Å². The summed E-state index contributed by atoms with van der Waals surface area (Å²) >= 11 is 0. The van der Waals surface area contributed by atoms with Gasteiger partial charge < -0.3 is 14.5 Å². The van der Waals surface area contributed by atoms with Crippen LogP contribution in [-0.4, -0.2) is 38.1 Å². The zero-order chi connectivity index (χ0) is 17.5. The van der Waals surface area contributed by atoms with Crippen LogP contribution in [0.1, 0.15) is 12.5 Å². The monoisotopic (exact) mass is 330 g/mol. The molecule has 5 heteroatoms. The molecule has 0 radical (unpaired) electrons. The molecular formula is C19H23FN2O2. The molecule has 0 aliphatic heterocycles. The van der Waals surface area contributed by atoms with Crippen molar-refractivity contribution in [1.82, 2.24) is 4.90 Å². The van der Waals surface area contributed by atoms with Gasteiger partial charge in [-0.1, -0.05) is 12.1 Å². The maximum Gasteiger partial charge on any atom is 0.242 e. The molecule has 2 aromatic carbocycles. The van der Waals surface area contributed by atoms with Gasteiger partial charge in [-0.25, -0.2) is 4.39 Å². The quantitative estimate of drug-likeness (QED) is 0.781. The van der Waals surface area contributed by atoms with Crippen LogP contribution in [0.15, 0.2) is 48.5 Å². The second-order valence-electron chi connectivity index (χ2n) is 5.59. The summed E-state index contributed by atoms with van der Waals surface area (Å²) in [5.41, 5.74) is 1.88. The lowest BCUT2D eigenvalue weighted by atomic mass is 10.2. The number of halogens is 1. The van der Waals surface area contributed by atoms with E-state index in [1.54, 1.807) is 31.2 Å². The van der Waals surface area contributed by atoms with E-state index in [4.69, 9.17) is 4.74 Å². The smallest absolute Gasteiger partial charge is 0.242 e. The number of likely N-dealkylation sites (N-methyl/N-ethyl adjacent to an activating group) is 2. The maximum atomic E-state index is 13.0. The Kier molecular flexibility index (Phi) is 6.18. The van der Waals surface area contributed by atoms with E-state index in [1.807, 2.05) is 36.1 Å². The normalized spacial score (nSPS) is 10.3. The number of rotatable bonds is 7. The SMILES string of the molecule is CCN(CC(=O)N(C)Cc1ccc(OC)cc1)c1ccc(F)cc1. The molecule has 128 valence electrons. The Morgan fingerprint density at radius 2 is 1.71 bits per heavy atom. The molecule has 0 atom stereocenters. The highest BCUT2D eigenvalue weighted by molar-refractivity contribution is 5.81. The Morgan fingerprint density at radius 3 is 2.25 bits per heavy atom. The highest BCUT2D eigenvalue weighted by Gasteiger charge is 2.14. The summed E-state index contributed by atoms with van der Waals surface area (Å²) in [6.07, 6.45) is 0. The van der Waals surface area contributed by atoms with Crippen LogP contribution >= 0.6 is 0 Å². The molecule has 0 saturated heterocycles. The van der Waals surface area contributed by atoms with Gasteiger partial charge in [-0.2, -0.15) is 0 Å². The van der Waals surface area contributed by atoms with Gasteiger partial charge in [0.25, 0.3) is 0 Å². The Balaban J connectivity index is 1.97. The predicted molar refractivity (Wildman–Crippen MR) is 93.8 cm³/mol. The van der Waals surface area contributed by atoms with Gasteiger partial charge in [-0.15, -0.1) is 0 Å². The predicted octanol–water partition coefficient (Wildman–Crippen LogP) is 3.32. The number of benzene rings is 2. The summed E-state index contributed by atoms with van der Waals surface area (Å²) in [6.45, 7) is 3.44. The van der Waals surface area contributed by atoms with Crippen LogP contribution in [0.3, 0.4) is 0 Å². The van der Waals surface area contributed by atoms with Crippen LogP contribution in [0, 0.1) is 5.82 Å². The molecule has 2 rings (SSSR count). The van der Waals surface area contributed by atoms with E-state index in [0.717, 1.165) is 17.0 Å². The molecule has 24 heavy (non-hydrogen) atoms. The molecule has 0 fully saturated rings. The number of methoxy groups -OCH3 is 1. The molecule has 1 amide bonds. The first-order valence-electron chi connectivity index (χ1n) is 7.91. The fourth-order valence-corrected chi connectivity index (χ4v) is 2.41. The number of amides is 1. The van der Waals surface area contributed by atoms with Crippen LogP contribution in [0.4, 0.5) is 10.1 Å². The number of nitrogens with zero attached hydrogens (tertiary/aromatic N) is 2. The summed E-state index contributed by atoms with van der Waals surface area (Å²) in [6, 6.07) is 13.8. The van der Waals surface area contributed by atoms with Crippen LogP contribution in [0.2, 0.25) is 0 Å². The largest absolute Gasteiger partial charge is 0.497 e. The lowest BCUT2D eigenvalue weighted by molar-refractivity contribution is -0.128. The lowest BCUT2D eigenvalue weighted by Gasteiger charge is -2.26. The second kappa shape index (κ2) is 8.34. The van der Waals surface area contributed by atoms with Gasteiger partial charge in [-0.3, -0.25) is 4.79 Å². The molecule has 0 spiro atoms. The number of carbonyl (C=O) groups is 1. The summed E-state index contributed by atoms with van der Waals surface area (Å²) in [5.74, 6) is 0.524. The fraction of sp³-hybridized carbons (Fsp3) is 0.316. The molecule has 0 saturated carbocycles. The molecule has 4 nitrogen and oxygen atoms in total. The van der Waals surface area contributed by atoms with E-state index in [0.29, 0.717) is 13.1 Å². The lowest BCUT2D eigenvalue weighted by Crippen LogP contribution is -2.38. The van der Waals surface area contributed by atoms with Gasteiger partial charge in [0.1, 0.15) is 11.6 Å². The van der Waals surface area contributed by atoms with Crippen LogP contribution < -0.4 is 9.64 Å². The van der Waals surface area contributed by atoms with Gasteiger partial charge in [0.05, 0.1) is 13.7 Å². The number of anilines is 1. The van der Waals surface area contributed by atoms with Gasteiger partial charge >= 0.3 is 0 Å². The molecular weight excluding hydrogens is 307 g/mol. The average Bonchev–Trinajstić information content (AvgIpc) is 2.61. The second-order valence-corrected chi connectivity index (χ2v) is 5.59. The molecule has 0 aliphatic rings. The molecule has 0 bridgehead atoms. The molecule has 0 unspecified atom stereocenters. The first-order chi connectivity index (χ1) is 11.5. The summed E-state index contributed by atoms with van der Waals surface area (Å²) in [4.78, 5) is 16.1. The zero-order valence-electron chi connectivity index (χ0n) is 14.3. The topological polar surface area (TPSA) is 32.8 Å². The molecule has 0 N–H and O–H groups in total. The highest BCUT2D eigenvalue weighted by Crippen LogP contribution is 2.16. The van der Waals surface area contributed by atoms with Crippen molar-refractivity contribution in [3.05, 3.63) is 59.9 Å². The van der Waals surface area contributed by atoms with E-state index in [1.165, 1.54) is 12.1 Å². The van der Waals surface area contributed by atoms with E-state index < -0.39 is 0 Å². The first-order valence-corrected chi connectivity index (χ1v) is 7.91. The van der Waals surface area contributed by atoms with Crippen LogP contribution in [0.25, 0.3) is 0 Å². The summed E-state index contributed by atoms with van der Waals surface area (Å²) < 4.78 is 18.2. The first kappa shape index (κ1) is 17.8. The number of ether oxygens (including phenoxy) is 1. The van der Waals surface area contributed by atoms with Crippen molar-refractivity contribution in [2.45, 2.75) is 13.5 Å². The van der Waals surface area contributed by atoms with Crippen LogP contribution in [-0.2, 0) is 11.3 Å². The van der Waals surface area contributed by atoms with Crippen molar-refractivity contribution in [3.8, 4) is 5.75 Å². The third-order valence-electron chi connectivity index (χ3n) is 3.90. The zero-order valence-corrected chi connectivity index (χ0v) is 14.3. The molecule has 0 aliphatic carbocycles. The third-order valence-corrected chi connectivity index (χ3v) is 3.90. The minimum atomic E-state index is -0.280. The van der Waals surface area contributed by atoms with Crippen molar-refractivity contribution < 1.29 is 13.9 Å². The Labute approximate surface area is 142 Å². The summed E-state index contributed by atoms with van der Waals surface area (Å²) in [5, 5.41) is 0. The minimum absolute atomic E-state index is 0.0111. The van der Waals surface area contributed by atoms with Crippen molar-refractivity contribution in [1.29, 1.82) is 0 Å². The van der Waals surface area contributed by atoms with E-state index >= 15 is 0 Å². The van der Waals surface area contributed by atoms with Gasteiger partial charge in [0.15, 0.2) is 0 Å². The van der Waals surface area contributed by atoms with Crippen molar-refractivity contribution in [3.63, 3.8) is 0 Å². The Morgan fingerprint density at radius 1 is 1.08 bits per heavy atom. The van der Waals surface area contributed by atoms with Gasteiger partial charge in [0.2, 0.25) is 5.91 Å². The standard InChI is InChI=1S/C19H23FN2O2/c1-4-22(17-9-7-16(20)8-10-17)14-19(23)21(2)13-15-5-11-18(24-3)12-6-15/h5-12H,4,13-14H2,1-3H3. The van der Waals surface area contributed by atoms with Gasteiger partial charge in [-0.05, 0) is 48.9 Å². The average molecular weight is 330 g/mol. The molecule has 0 aromatic heterocycles. The number of carbonyl (C=O) groups excluding carboxylic acids is 1. The van der Waals surface area contributed by atoms with Crippen LogP contribution in [0.5, 0.6) is 5.75 Å². The Hall–Kier alpha value is -2.56. The van der Waals surface area contributed by atoms with Crippen molar-refractivity contribution >= 4 is 11.6 Å². The number of hydrogen-bond acceptors (Lipinski definition) is 3. The minimum Gasteiger partial charge on any atom is -0.497 e. The number of hydrogen-bond donors (Lipinski definition) is 0. The maximum absolute atomic E-state index is 13.0. The molecule has 2 aromatic rings. The fourth-order valence-electron chi connectivity index (χ4n) is 2.41. The van der Waals surface area contributed by atoms with E-state index in [-0.39, 0.29) is 18.3 Å². The van der Waals surface area contributed by atoms with E-state index in [2.05, 4.69) is 0 Å². The van der Waals surface area contributed by atoms with Crippen molar-refractivity contribution in [2.24, 2.45) is 0 Å². The third kappa shape index (κ3) is 4.72.